The number of hydrogen-bond donors (Lipinski definition) is 1. The van der Waals surface area contributed by atoms with Crippen molar-refractivity contribution < 1.29 is 9.53 Å². The number of hydrogen-bond acceptors (Lipinski definition) is 6. The van der Waals surface area contributed by atoms with E-state index in [9.17, 15) is 4.79 Å². The average molecular weight is 462 g/mol. The molecule has 1 saturated heterocycles. The van der Waals surface area contributed by atoms with Crippen LogP contribution >= 0.6 is 46.6 Å². The lowest BCUT2D eigenvalue weighted by atomic mass is 10.2. The van der Waals surface area contributed by atoms with E-state index in [0.717, 1.165) is 25.2 Å². The second-order valence-corrected chi connectivity index (χ2v) is 8.46. The number of nitrogens with zero attached hydrogens (tertiary/aromatic N) is 3. The van der Waals surface area contributed by atoms with E-state index in [1.165, 1.54) is 11.8 Å². The highest BCUT2D eigenvalue weighted by molar-refractivity contribution is 7.99. The van der Waals surface area contributed by atoms with Crippen LogP contribution in [-0.4, -0.2) is 59.1 Å². The Morgan fingerprint density at radius 2 is 2.07 bits per heavy atom. The Morgan fingerprint density at radius 3 is 2.82 bits per heavy atom. The van der Waals surface area contributed by atoms with E-state index in [1.807, 2.05) is 12.1 Å². The van der Waals surface area contributed by atoms with E-state index in [1.54, 1.807) is 18.2 Å². The monoisotopic (exact) mass is 460 g/mol. The van der Waals surface area contributed by atoms with E-state index in [4.69, 9.17) is 39.5 Å². The van der Waals surface area contributed by atoms with Crippen LogP contribution in [0.25, 0.3) is 0 Å². The smallest absolute Gasteiger partial charge is 0.230 e. The summed E-state index contributed by atoms with van der Waals surface area (Å²) in [6.45, 7) is 3.41. The molecule has 150 valence electrons. The molecule has 6 nitrogen and oxygen atoms in total. The summed E-state index contributed by atoms with van der Waals surface area (Å²) in [5.74, 6) is 0.183. The van der Waals surface area contributed by atoms with Crippen molar-refractivity contribution in [3.05, 3.63) is 51.1 Å². The zero-order valence-electron chi connectivity index (χ0n) is 14.9. The molecule has 0 bridgehead atoms. The molecule has 1 amide bonds. The fourth-order valence-electron chi connectivity index (χ4n) is 2.74. The van der Waals surface area contributed by atoms with Gasteiger partial charge in [0.25, 0.3) is 0 Å². The summed E-state index contributed by atoms with van der Waals surface area (Å²) < 4.78 is 5.77. The van der Waals surface area contributed by atoms with Crippen LogP contribution in [0.4, 0.5) is 0 Å². The van der Waals surface area contributed by atoms with Gasteiger partial charge >= 0.3 is 0 Å². The van der Waals surface area contributed by atoms with Crippen LogP contribution in [0, 0.1) is 0 Å². The minimum atomic E-state index is -0.0769. The highest BCUT2D eigenvalue weighted by Gasteiger charge is 2.21. The van der Waals surface area contributed by atoms with E-state index in [-0.39, 0.29) is 17.8 Å². The summed E-state index contributed by atoms with van der Waals surface area (Å²) in [7, 11) is 0. The molecule has 1 atom stereocenters. The number of nitrogens with one attached hydrogen (secondary N) is 1. The van der Waals surface area contributed by atoms with Crippen molar-refractivity contribution in [2.75, 3.05) is 32.0 Å². The molecule has 10 heteroatoms. The lowest BCUT2D eigenvalue weighted by Gasteiger charge is -2.33. The Bertz CT molecular complexity index is 810. The van der Waals surface area contributed by atoms with Crippen LogP contribution in [0.1, 0.15) is 5.56 Å². The van der Waals surface area contributed by atoms with Gasteiger partial charge in [0.1, 0.15) is 5.03 Å². The lowest BCUT2D eigenvalue weighted by Crippen LogP contribution is -2.47. The van der Waals surface area contributed by atoms with Gasteiger partial charge in [0.15, 0.2) is 5.15 Å². The molecule has 1 unspecified atom stereocenters. The summed E-state index contributed by atoms with van der Waals surface area (Å²) in [6.07, 6.45) is -0.0548. The van der Waals surface area contributed by atoms with Crippen molar-refractivity contribution in [2.24, 2.45) is 0 Å². The molecular weight excluding hydrogens is 443 g/mol. The van der Waals surface area contributed by atoms with Gasteiger partial charge in [-0.2, -0.15) is 0 Å². The predicted octanol–water partition coefficient (Wildman–Crippen LogP) is 3.55. The highest BCUT2D eigenvalue weighted by Crippen LogP contribution is 2.23. The molecule has 0 spiro atoms. The number of thioether (sulfide) groups is 1. The molecule has 1 aromatic carbocycles. The van der Waals surface area contributed by atoms with Crippen molar-refractivity contribution in [1.82, 2.24) is 20.4 Å². The maximum absolute atomic E-state index is 12.1. The minimum absolute atomic E-state index is 0.0548. The third-order valence-electron chi connectivity index (χ3n) is 4.10. The third-order valence-corrected chi connectivity index (χ3v) is 5.96. The number of morpholine rings is 1. The van der Waals surface area contributed by atoms with Crippen LogP contribution in [0.15, 0.2) is 35.4 Å². The van der Waals surface area contributed by atoms with Gasteiger partial charge in [0.05, 0.1) is 28.5 Å². The number of amides is 1. The zero-order valence-corrected chi connectivity index (χ0v) is 18.0. The second kappa shape index (κ2) is 10.6. The summed E-state index contributed by atoms with van der Waals surface area (Å²) >= 11 is 19.1. The molecule has 0 saturated carbocycles. The van der Waals surface area contributed by atoms with Gasteiger partial charge in [-0.3, -0.25) is 9.69 Å². The maximum atomic E-state index is 12.1. The topological polar surface area (TPSA) is 67.4 Å². The molecule has 1 aromatic heterocycles. The maximum Gasteiger partial charge on any atom is 0.230 e. The zero-order chi connectivity index (χ0) is 19.9. The highest BCUT2D eigenvalue weighted by atomic mass is 35.5. The number of rotatable bonds is 7. The van der Waals surface area contributed by atoms with Gasteiger partial charge in [0, 0.05) is 26.2 Å². The summed E-state index contributed by atoms with van der Waals surface area (Å²) in [6, 6.07) is 9.04. The minimum Gasteiger partial charge on any atom is -0.374 e. The fourth-order valence-corrected chi connectivity index (χ4v) is 3.81. The van der Waals surface area contributed by atoms with Crippen molar-refractivity contribution >= 4 is 52.5 Å². The molecule has 3 rings (SSSR count). The van der Waals surface area contributed by atoms with Gasteiger partial charge in [-0.1, -0.05) is 52.6 Å². The Labute approximate surface area is 182 Å². The summed E-state index contributed by atoms with van der Waals surface area (Å²) in [4.78, 5) is 14.3. The van der Waals surface area contributed by atoms with Crippen molar-refractivity contribution in [3.63, 3.8) is 0 Å². The van der Waals surface area contributed by atoms with Crippen molar-refractivity contribution in [3.8, 4) is 0 Å². The Balaban J connectivity index is 1.41. The number of carbonyl (C=O) groups is 1. The first-order valence-electron chi connectivity index (χ1n) is 8.66. The molecule has 1 aliphatic rings. The summed E-state index contributed by atoms with van der Waals surface area (Å²) in [5.41, 5.74) is 1.10. The van der Waals surface area contributed by atoms with Crippen LogP contribution in [0.5, 0.6) is 0 Å². The van der Waals surface area contributed by atoms with Crippen LogP contribution in [-0.2, 0) is 16.1 Å². The first kappa shape index (κ1) is 21.6. The van der Waals surface area contributed by atoms with Gasteiger partial charge < -0.3 is 10.1 Å². The van der Waals surface area contributed by atoms with E-state index < -0.39 is 0 Å². The number of ether oxygens (including phenoxy) is 1. The quantitative estimate of drug-likeness (QED) is 0.636. The predicted molar refractivity (Wildman–Crippen MR) is 112 cm³/mol. The largest absolute Gasteiger partial charge is 0.374 e. The first-order chi connectivity index (χ1) is 13.5. The fraction of sp³-hybridized carbons (Fsp3) is 0.389. The van der Waals surface area contributed by atoms with Crippen molar-refractivity contribution in [2.45, 2.75) is 17.7 Å². The number of carbonyl (C=O) groups excluding carboxylic acids is 1. The molecular formula is C18H19Cl3N4O2S. The molecule has 1 fully saturated rings. The number of halogens is 3. The van der Waals surface area contributed by atoms with Crippen molar-refractivity contribution in [1.29, 1.82) is 0 Å². The molecule has 28 heavy (non-hydrogen) atoms. The third kappa shape index (κ3) is 6.76. The Morgan fingerprint density at radius 1 is 1.21 bits per heavy atom. The first-order valence-corrected chi connectivity index (χ1v) is 10.8. The normalized spacial score (nSPS) is 17.5. The Hall–Kier alpha value is -1.09. The van der Waals surface area contributed by atoms with E-state index in [2.05, 4.69) is 20.4 Å². The molecule has 2 aromatic rings. The SMILES string of the molecule is O=C(CSc1ccc(Cl)nn1)NCC1CN(Cc2ccc(Cl)c(Cl)c2)CCO1. The summed E-state index contributed by atoms with van der Waals surface area (Å²) in [5, 5.41) is 12.7. The lowest BCUT2D eigenvalue weighted by molar-refractivity contribution is -0.119. The van der Waals surface area contributed by atoms with E-state index in [0.29, 0.717) is 33.4 Å². The van der Waals surface area contributed by atoms with E-state index >= 15 is 0 Å². The van der Waals surface area contributed by atoms with Crippen LogP contribution in [0.3, 0.4) is 0 Å². The van der Waals surface area contributed by atoms with Gasteiger partial charge in [-0.05, 0) is 29.8 Å². The average Bonchev–Trinajstić information content (AvgIpc) is 2.69. The Kier molecular flexibility index (Phi) is 8.20. The standard InChI is InChI=1S/C18H19Cl3N4O2S/c19-14-2-1-12(7-15(14)20)9-25-5-6-27-13(10-25)8-22-17(26)11-28-18-4-3-16(21)23-24-18/h1-4,7,13H,5-6,8-11H2,(H,22,26). The second-order valence-electron chi connectivity index (χ2n) is 6.26. The number of aromatic nitrogens is 2. The van der Waals surface area contributed by atoms with Gasteiger partial charge in [-0.25, -0.2) is 0 Å². The number of benzene rings is 1. The van der Waals surface area contributed by atoms with Gasteiger partial charge in [-0.15, -0.1) is 10.2 Å². The van der Waals surface area contributed by atoms with Crippen LogP contribution < -0.4 is 5.32 Å². The van der Waals surface area contributed by atoms with Gasteiger partial charge in [0.2, 0.25) is 5.91 Å². The molecule has 2 heterocycles. The molecule has 1 N–H and O–H groups in total. The molecule has 0 radical (unpaired) electrons. The molecule has 1 aliphatic heterocycles. The van der Waals surface area contributed by atoms with Crippen LogP contribution in [0.2, 0.25) is 15.2 Å². The molecule has 0 aliphatic carbocycles.